The molecule has 1 aromatic heterocycles. The van der Waals surface area contributed by atoms with Crippen molar-refractivity contribution in [1.29, 1.82) is 0 Å². The second-order valence-corrected chi connectivity index (χ2v) is 4.83. The first kappa shape index (κ1) is 12.6. The van der Waals surface area contributed by atoms with Crippen LogP contribution < -0.4 is 5.73 Å². The van der Waals surface area contributed by atoms with E-state index in [1.807, 2.05) is 17.8 Å². The van der Waals surface area contributed by atoms with Gasteiger partial charge in [0.15, 0.2) is 0 Å². The van der Waals surface area contributed by atoms with Gasteiger partial charge in [0.25, 0.3) is 0 Å². The molecule has 1 aromatic rings. The van der Waals surface area contributed by atoms with Gasteiger partial charge in [-0.15, -0.1) is 0 Å². The fraction of sp³-hybridized carbons (Fsp3) is 0.769. The van der Waals surface area contributed by atoms with E-state index in [4.69, 9.17) is 10.5 Å². The largest absolute Gasteiger partial charge is 0.377 e. The second kappa shape index (κ2) is 5.65. The first-order chi connectivity index (χ1) is 8.24. The lowest BCUT2D eigenvalue weighted by molar-refractivity contribution is 0.0288. The van der Waals surface area contributed by atoms with Gasteiger partial charge < -0.3 is 10.5 Å². The predicted octanol–water partition coefficient (Wildman–Crippen LogP) is 1.59. The Morgan fingerprint density at radius 3 is 2.82 bits per heavy atom. The van der Waals surface area contributed by atoms with Crippen molar-refractivity contribution in [3.8, 4) is 0 Å². The summed E-state index contributed by atoms with van der Waals surface area (Å²) < 4.78 is 7.72. The Hall–Kier alpha value is -0.870. The molecule has 4 nitrogen and oxygen atoms in total. The molecule has 1 aliphatic carbocycles. The van der Waals surface area contributed by atoms with Gasteiger partial charge in [-0.1, -0.05) is 0 Å². The molecular formula is C13H23N3O. The van der Waals surface area contributed by atoms with Crippen molar-refractivity contribution in [1.82, 2.24) is 9.78 Å². The summed E-state index contributed by atoms with van der Waals surface area (Å²) in [6.45, 7) is 5.79. The smallest absolute Gasteiger partial charge is 0.0757 e. The van der Waals surface area contributed by atoms with Crippen molar-refractivity contribution < 1.29 is 4.74 Å². The SMILES string of the molecule is CCOC(C(N)Cc1cnn(CC)c1)C1CC1. The molecule has 1 saturated carbocycles. The minimum absolute atomic E-state index is 0.0944. The molecule has 0 aliphatic heterocycles. The Labute approximate surface area is 103 Å². The van der Waals surface area contributed by atoms with Crippen LogP contribution in [0.25, 0.3) is 0 Å². The van der Waals surface area contributed by atoms with E-state index >= 15 is 0 Å². The lowest BCUT2D eigenvalue weighted by Gasteiger charge is -2.23. The zero-order valence-electron chi connectivity index (χ0n) is 10.8. The number of aryl methyl sites for hydroxylation is 1. The first-order valence-electron chi connectivity index (χ1n) is 6.63. The van der Waals surface area contributed by atoms with Gasteiger partial charge >= 0.3 is 0 Å². The number of rotatable bonds is 7. The molecule has 2 unspecified atom stereocenters. The maximum absolute atomic E-state index is 6.27. The summed E-state index contributed by atoms with van der Waals surface area (Å²) in [5.74, 6) is 0.686. The highest BCUT2D eigenvalue weighted by Crippen LogP contribution is 2.36. The van der Waals surface area contributed by atoms with Crippen molar-refractivity contribution in [3.63, 3.8) is 0 Å². The van der Waals surface area contributed by atoms with Gasteiger partial charge in [-0.3, -0.25) is 4.68 Å². The van der Waals surface area contributed by atoms with Crippen molar-refractivity contribution >= 4 is 0 Å². The average molecular weight is 237 g/mol. The van der Waals surface area contributed by atoms with E-state index in [1.165, 1.54) is 18.4 Å². The van der Waals surface area contributed by atoms with E-state index in [9.17, 15) is 0 Å². The summed E-state index contributed by atoms with van der Waals surface area (Å²) >= 11 is 0. The molecule has 2 N–H and O–H groups in total. The van der Waals surface area contributed by atoms with E-state index in [0.29, 0.717) is 5.92 Å². The van der Waals surface area contributed by atoms with Crippen LogP contribution >= 0.6 is 0 Å². The monoisotopic (exact) mass is 237 g/mol. The van der Waals surface area contributed by atoms with Crippen LogP contribution in [0.5, 0.6) is 0 Å². The predicted molar refractivity (Wildman–Crippen MR) is 67.7 cm³/mol. The molecule has 17 heavy (non-hydrogen) atoms. The van der Waals surface area contributed by atoms with E-state index in [-0.39, 0.29) is 12.1 Å². The Kier molecular flexibility index (Phi) is 4.18. The van der Waals surface area contributed by atoms with Gasteiger partial charge in [-0.05, 0) is 44.6 Å². The molecule has 1 fully saturated rings. The zero-order valence-corrected chi connectivity index (χ0v) is 10.8. The number of hydrogen-bond acceptors (Lipinski definition) is 3. The maximum Gasteiger partial charge on any atom is 0.0757 e. The molecule has 0 radical (unpaired) electrons. The first-order valence-corrected chi connectivity index (χ1v) is 6.63. The van der Waals surface area contributed by atoms with Crippen molar-refractivity contribution in [2.75, 3.05) is 6.61 Å². The summed E-state index contributed by atoms with van der Waals surface area (Å²) in [5, 5.41) is 4.27. The van der Waals surface area contributed by atoms with Gasteiger partial charge in [-0.2, -0.15) is 5.10 Å². The second-order valence-electron chi connectivity index (χ2n) is 4.83. The van der Waals surface area contributed by atoms with Crippen molar-refractivity contribution in [2.45, 2.75) is 51.8 Å². The highest BCUT2D eigenvalue weighted by atomic mass is 16.5. The van der Waals surface area contributed by atoms with Crippen LogP contribution in [-0.4, -0.2) is 28.5 Å². The third kappa shape index (κ3) is 3.30. The fourth-order valence-electron chi connectivity index (χ4n) is 2.30. The number of ether oxygens (including phenoxy) is 1. The van der Waals surface area contributed by atoms with Crippen LogP contribution in [-0.2, 0) is 17.7 Å². The third-order valence-corrected chi connectivity index (χ3v) is 3.35. The highest BCUT2D eigenvalue weighted by molar-refractivity contribution is 5.07. The van der Waals surface area contributed by atoms with Gasteiger partial charge in [0.2, 0.25) is 0 Å². The molecular weight excluding hydrogens is 214 g/mol. The number of nitrogens with zero attached hydrogens (tertiary/aromatic N) is 2. The highest BCUT2D eigenvalue weighted by Gasteiger charge is 2.35. The third-order valence-electron chi connectivity index (χ3n) is 3.35. The summed E-state index contributed by atoms with van der Waals surface area (Å²) in [4.78, 5) is 0. The number of aromatic nitrogens is 2. The molecule has 96 valence electrons. The Morgan fingerprint density at radius 1 is 1.53 bits per heavy atom. The van der Waals surface area contributed by atoms with Gasteiger partial charge in [-0.25, -0.2) is 0 Å². The topological polar surface area (TPSA) is 53.1 Å². The van der Waals surface area contributed by atoms with Crippen LogP contribution in [0.4, 0.5) is 0 Å². The maximum atomic E-state index is 6.27. The summed E-state index contributed by atoms with van der Waals surface area (Å²) in [6, 6.07) is 0.0944. The number of hydrogen-bond donors (Lipinski definition) is 1. The molecule has 0 spiro atoms. The fourth-order valence-corrected chi connectivity index (χ4v) is 2.30. The Morgan fingerprint density at radius 2 is 2.29 bits per heavy atom. The van der Waals surface area contributed by atoms with Crippen LogP contribution in [0, 0.1) is 5.92 Å². The van der Waals surface area contributed by atoms with Crippen LogP contribution in [0.15, 0.2) is 12.4 Å². The lowest BCUT2D eigenvalue weighted by Crippen LogP contribution is -2.40. The zero-order chi connectivity index (χ0) is 12.3. The van der Waals surface area contributed by atoms with Gasteiger partial charge in [0.05, 0.1) is 12.3 Å². The standard InChI is InChI=1S/C13H23N3O/c1-3-16-9-10(8-15-16)7-12(14)13(17-4-2)11-5-6-11/h8-9,11-13H,3-7,14H2,1-2H3. The lowest BCUT2D eigenvalue weighted by atomic mass is 10.0. The van der Waals surface area contributed by atoms with Crippen molar-refractivity contribution in [3.05, 3.63) is 18.0 Å². The normalized spacial score (nSPS) is 19.2. The molecule has 0 bridgehead atoms. The quantitative estimate of drug-likeness (QED) is 0.783. The summed E-state index contributed by atoms with van der Waals surface area (Å²) in [5.41, 5.74) is 7.48. The summed E-state index contributed by atoms with van der Waals surface area (Å²) in [6.07, 6.45) is 7.63. The average Bonchev–Trinajstić information content (AvgIpc) is 3.06. The van der Waals surface area contributed by atoms with E-state index < -0.39 is 0 Å². The van der Waals surface area contributed by atoms with Crippen LogP contribution in [0.1, 0.15) is 32.3 Å². The Bertz CT molecular complexity index is 346. The molecule has 1 aliphatic rings. The van der Waals surface area contributed by atoms with Crippen molar-refractivity contribution in [2.24, 2.45) is 11.7 Å². The molecule has 4 heteroatoms. The minimum atomic E-state index is 0.0944. The van der Waals surface area contributed by atoms with Gasteiger partial charge in [0, 0.05) is 25.4 Å². The molecule has 0 saturated heterocycles. The van der Waals surface area contributed by atoms with E-state index in [0.717, 1.165) is 19.6 Å². The van der Waals surface area contributed by atoms with Crippen LogP contribution in [0.2, 0.25) is 0 Å². The minimum Gasteiger partial charge on any atom is -0.377 e. The molecule has 0 aromatic carbocycles. The molecule has 0 amide bonds. The molecule has 2 rings (SSSR count). The molecule has 2 atom stereocenters. The van der Waals surface area contributed by atoms with E-state index in [2.05, 4.69) is 18.2 Å². The molecule has 1 heterocycles. The Balaban J connectivity index is 1.91. The number of nitrogens with two attached hydrogens (primary N) is 1. The van der Waals surface area contributed by atoms with Crippen LogP contribution in [0.3, 0.4) is 0 Å². The van der Waals surface area contributed by atoms with Gasteiger partial charge in [0.1, 0.15) is 0 Å². The van der Waals surface area contributed by atoms with E-state index in [1.54, 1.807) is 0 Å². The summed E-state index contributed by atoms with van der Waals surface area (Å²) in [7, 11) is 0.